The Labute approximate surface area is 137 Å². The van der Waals surface area contributed by atoms with Crippen molar-refractivity contribution >= 4 is 11.6 Å². The number of hydrogen-bond donors (Lipinski definition) is 1. The summed E-state index contributed by atoms with van der Waals surface area (Å²) in [6.45, 7) is 4.23. The minimum atomic E-state index is 0.0976. The summed E-state index contributed by atoms with van der Waals surface area (Å²) in [5.41, 5.74) is 2.94. The minimum Gasteiger partial charge on any atom is -0.353 e. The molecule has 0 saturated heterocycles. The zero-order valence-electron chi connectivity index (χ0n) is 14.0. The fourth-order valence-corrected chi connectivity index (χ4v) is 4.70. The van der Waals surface area contributed by atoms with Gasteiger partial charge in [-0.05, 0) is 68.6 Å². The molecule has 0 radical (unpaired) electrons. The molecule has 2 heterocycles. The van der Waals surface area contributed by atoms with E-state index in [-0.39, 0.29) is 11.9 Å². The molecule has 122 valence electrons. The van der Waals surface area contributed by atoms with Crippen LogP contribution in [0.25, 0.3) is 5.65 Å². The van der Waals surface area contributed by atoms with Crippen LogP contribution in [0.1, 0.15) is 43.9 Å². The van der Waals surface area contributed by atoms with Crippen LogP contribution in [0.4, 0.5) is 0 Å². The summed E-state index contributed by atoms with van der Waals surface area (Å²) < 4.78 is 1.98. The van der Waals surface area contributed by atoms with Gasteiger partial charge in [0.1, 0.15) is 5.65 Å². The fourth-order valence-electron chi connectivity index (χ4n) is 4.70. The van der Waals surface area contributed by atoms with Crippen molar-refractivity contribution in [3.63, 3.8) is 0 Å². The first kappa shape index (κ1) is 14.7. The van der Waals surface area contributed by atoms with Crippen LogP contribution in [0.15, 0.2) is 24.5 Å². The van der Waals surface area contributed by atoms with Crippen molar-refractivity contribution in [3.05, 3.63) is 35.8 Å². The van der Waals surface area contributed by atoms with Crippen LogP contribution >= 0.6 is 0 Å². The molecule has 0 spiro atoms. The molecule has 4 atom stereocenters. The molecule has 0 aliphatic heterocycles. The van der Waals surface area contributed by atoms with E-state index in [0.717, 1.165) is 23.2 Å². The van der Waals surface area contributed by atoms with E-state index in [0.29, 0.717) is 12.3 Å². The predicted octanol–water partition coefficient (Wildman–Crippen LogP) is 3.13. The Morgan fingerprint density at radius 1 is 1.43 bits per heavy atom. The Hall–Kier alpha value is -1.84. The predicted molar refractivity (Wildman–Crippen MR) is 90.2 cm³/mol. The normalized spacial score (nSPS) is 27.5. The number of imidazole rings is 1. The minimum absolute atomic E-state index is 0.0976. The van der Waals surface area contributed by atoms with E-state index >= 15 is 0 Å². The Morgan fingerprint density at radius 2 is 2.30 bits per heavy atom. The lowest BCUT2D eigenvalue weighted by Gasteiger charge is -2.28. The topological polar surface area (TPSA) is 46.4 Å². The van der Waals surface area contributed by atoms with Gasteiger partial charge in [-0.2, -0.15) is 0 Å². The third-order valence-corrected chi connectivity index (χ3v) is 5.83. The maximum Gasteiger partial charge on any atom is 0.226 e. The van der Waals surface area contributed by atoms with Crippen LogP contribution in [0.3, 0.4) is 0 Å². The second kappa shape index (κ2) is 5.66. The Kier molecular flexibility index (Phi) is 3.63. The fraction of sp³-hybridized carbons (Fsp3) is 0.579. The molecule has 2 fully saturated rings. The van der Waals surface area contributed by atoms with Crippen molar-refractivity contribution in [2.24, 2.45) is 17.8 Å². The molecule has 2 aromatic rings. The molecule has 1 N–H and O–H groups in total. The zero-order chi connectivity index (χ0) is 16.0. The van der Waals surface area contributed by atoms with E-state index in [2.05, 4.69) is 30.2 Å². The zero-order valence-corrected chi connectivity index (χ0v) is 14.0. The lowest BCUT2D eigenvalue weighted by molar-refractivity contribution is -0.121. The van der Waals surface area contributed by atoms with E-state index in [1.54, 1.807) is 0 Å². The van der Waals surface area contributed by atoms with Crippen molar-refractivity contribution < 1.29 is 4.79 Å². The standard InChI is InChI=1S/C19H25N3O/c1-12-5-6-22-11-16(21-18(22)7-12)10-19(23)20-13(2)17-9-14-3-4-15(17)8-14/h5-7,11,13-15,17H,3-4,8-10H2,1-2H3,(H,20,23). The van der Waals surface area contributed by atoms with Gasteiger partial charge in [0.25, 0.3) is 0 Å². The van der Waals surface area contributed by atoms with Crippen LogP contribution in [0, 0.1) is 24.7 Å². The highest BCUT2D eigenvalue weighted by atomic mass is 16.1. The molecule has 2 aromatic heterocycles. The number of amides is 1. The van der Waals surface area contributed by atoms with Gasteiger partial charge in [0.2, 0.25) is 5.91 Å². The Bertz CT molecular complexity index is 735. The number of hydrogen-bond acceptors (Lipinski definition) is 2. The van der Waals surface area contributed by atoms with Crippen molar-refractivity contribution in [1.82, 2.24) is 14.7 Å². The third-order valence-electron chi connectivity index (χ3n) is 5.83. The first-order valence-electron chi connectivity index (χ1n) is 8.82. The Morgan fingerprint density at radius 3 is 3.04 bits per heavy atom. The van der Waals surface area contributed by atoms with Gasteiger partial charge in [-0.15, -0.1) is 0 Å². The number of fused-ring (bicyclic) bond motifs is 3. The van der Waals surface area contributed by atoms with Crippen LogP contribution < -0.4 is 5.32 Å². The molecule has 23 heavy (non-hydrogen) atoms. The van der Waals surface area contributed by atoms with Crippen molar-refractivity contribution in [3.8, 4) is 0 Å². The monoisotopic (exact) mass is 311 g/mol. The molecule has 4 heteroatoms. The van der Waals surface area contributed by atoms with Crippen LogP contribution in [0.2, 0.25) is 0 Å². The molecular weight excluding hydrogens is 286 g/mol. The summed E-state index contributed by atoms with van der Waals surface area (Å²) >= 11 is 0. The summed E-state index contributed by atoms with van der Waals surface area (Å²) in [7, 11) is 0. The second-order valence-electron chi connectivity index (χ2n) is 7.57. The van der Waals surface area contributed by atoms with Crippen molar-refractivity contribution in [2.45, 2.75) is 52.0 Å². The van der Waals surface area contributed by atoms with Crippen molar-refractivity contribution in [2.75, 3.05) is 0 Å². The SMILES string of the molecule is Cc1ccn2cc(CC(=O)NC(C)C3CC4CCC3C4)nc2c1. The summed E-state index contributed by atoms with van der Waals surface area (Å²) in [6, 6.07) is 4.38. The van der Waals surface area contributed by atoms with Crippen LogP contribution in [-0.4, -0.2) is 21.3 Å². The smallest absolute Gasteiger partial charge is 0.226 e. The van der Waals surface area contributed by atoms with E-state index in [9.17, 15) is 4.79 Å². The van der Waals surface area contributed by atoms with Gasteiger partial charge < -0.3 is 9.72 Å². The molecule has 2 bridgehead atoms. The van der Waals surface area contributed by atoms with E-state index in [1.165, 1.54) is 31.2 Å². The second-order valence-corrected chi connectivity index (χ2v) is 7.57. The van der Waals surface area contributed by atoms with E-state index in [1.807, 2.05) is 22.9 Å². The lowest BCUT2D eigenvalue weighted by Crippen LogP contribution is -2.40. The number of nitrogens with one attached hydrogen (secondary N) is 1. The molecule has 0 aromatic carbocycles. The highest BCUT2D eigenvalue weighted by molar-refractivity contribution is 5.78. The summed E-state index contributed by atoms with van der Waals surface area (Å²) in [6.07, 6.45) is 9.78. The first-order chi connectivity index (χ1) is 11.1. The number of carbonyl (C=O) groups is 1. The van der Waals surface area contributed by atoms with E-state index in [4.69, 9.17) is 0 Å². The number of nitrogens with zero attached hydrogens (tertiary/aromatic N) is 2. The average molecular weight is 311 g/mol. The van der Waals surface area contributed by atoms with Crippen LogP contribution in [-0.2, 0) is 11.2 Å². The van der Waals surface area contributed by atoms with Crippen LogP contribution in [0.5, 0.6) is 0 Å². The third kappa shape index (κ3) is 2.87. The highest BCUT2D eigenvalue weighted by Crippen LogP contribution is 2.49. The molecule has 4 nitrogen and oxygen atoms in total. The van der Waals surface area contributed by atoms with Gasteiger partial charge in [0, 0.05) is 18.4 Å². The number of rotatable bonds is 4. The molecule has 4 unspecified atom stereocenters. The van der Waals surface area contributed by atoms with Gasteiger partial charge >= 0.3 is 0 Å². The summed E-state index contributed by atoms with van der Waals surface area (Å²) in [5, 5.41) is 3.22. The molecule has 1 amide bonds. The first-order valence-corrected chi connectivity index (χ1v) is 8.82. The average Bonchev–Trinajstić information content (AvgIpc) is 3.20. The molecule has 4 rings (SSSR count). The quantitative estimate of drug-likeness (QED) is 0.943. The summed E-state index contributed by atoms with van der Waals surface area (Å²) in [5.74, 6) is 2.54. The molecule has 2 aliphatic rings. The van der Waals surface area contributed by atoms with Gasteiger partial charge in [-0.3, -0.25) is 4.79 Å². The van der Waals surface area contributed by atoms with Gasteiger partial charge in [0.15, 0.2) is 0 Å². The molecular formula is C19H25N3O. The number of aromatic nitrogens is 2. The van der Waals surface area contributed by atoms with E-state index < -0.39 is 0 Å². The number of pyridine rings is 1. The molecule has 2 saturated carbocycles. The maximum absolute atomic E-state index is 12.4. The maximum atomic E-state index is 12.4. The van der Waals surface area contributed by atoms with Gasteiger partial charge in [-0.25, -0.2) is 4.98 Å². The lowest BCUT2D eigenvalue weighted by atomic mass is 9.84. The summed E-state index contributed by atoms with van der Waals surface area (Å²) in [4.78, 5) is 16.9. The number of aryl methyl sites for hydroxylation is 1. The largest absolute Gasteiger partial charge is 0.353 e. The van der Waals surface area contributed by atoms with Gasteiger partial charge in [-0.1, -0.05) is 6.42 Å². The van der Waals surface area contributed by atoms with Gasteiger partial charge in [0.05, 0.1) is 12.1 Å². The molecule has 2 aliphatic carbocycles. The number of carbonyl (C=O) groups excluding carboxylic acids is 1. The Balaban J connectivity index is 1.39. The van der Waals surface area contributed by atoms with Crippen molar-refractivity contribution in [1.29, 1.82) is 0 Å². The highest BCUT2D eigenvalue weighted by Gasteiger charge is 2.42.